The summed E-state index contributed by atoms with van der Waals surface area (Å²) in [4.78, 5) is 24.8. The topological polar surface area (TPSA) is 88.1 Å². The number of carbonyl (C=O) groups is 2. The summed E-state index contributed by atoms with van der Waals surface area (Å²) in [6.07, 6.45) is 4.74. The Morgan fingerprint density at radius 2 is 1.85 bits per heavy atom. The lowest BCUT2D eigenvalue weighted by atomic mass is 9.87. The first-order valence-electron chi connectivity index (χ1n) is 8.65. The molecule has 0 unspecified atom stereocenters. The number of nitrogens with one attached hydrogen (secondary N) is 3. The molecule has 2 heterocycles. The summed E-state index contributed by atoms with van der Waals surface area (Å²) in [6, 6.07) is 7.59. The summed E-state index contributed by atoms with van der Waals surface area (Å²) < 4.78 is 15.3. The van der Waals surface area contributed by atoms with Gasteiger partial charge in [0.2, 0.25) is 5.91 Å². The van der Waals surface area contributed by atoms with Gasteiger partial charge < -0.3 is 16.0 Å². The largest absolute Gasteiger partial charge is 0.352 e. The highest BCUT2D eigenvalue weighted by atomic mass is 35.5. The highest BCUT2D eigenvalue weighted by Crippen LogP contribution is 2.26. The zero-order chi connectivity index (χ0) is 18.4. The second kappa shape index (κ2) is 9.48. The zero-order valence-corrected chi connectivity index (χ0v) is 15.6. The minimum Gasteiger partial charge on any atom is -0.352 e. The molecule has 0 aliphatic carbocycles. The van der Waals surface area contributed by atoms with E-state index in [2.05, 4.69) is 21.0 Å². The molecule has 7 nitrogen and oxygen atoms in total. The van der Waals surface area contributed by atoms with Crippen molar-refractivity contribution in [1.82, 2.24) is 25.7 Å². The fourth-order valence-corrected chi connectivity index (χ4v) is 3.18. The number of aromatic nitrogens is 2. The monoisotopic (exact) mass is 395 g/mol. The van der Waals surface area contributed by atoms with Crippen LogP contribution >= 0.6 is 12.4 Å². The second-order valence-electron chi connectivity index (χ2n) is 6.22. The summed E-state index contributed by atoms with van der Waals surface area (Å²) in [6.45, 7) is 1.94. The molecule has 1 aromatic heterocycles. The molecule has 9 heteroatoms. The Kier molecular flexibility index (Phi) is 7.32. The molecule has 3 N–H and O–H groups in total. The molecule has 1 aliphatic heterocycles. The standard InChI is InChI=1S/C18H22FN5O2.ClH/c19-15-5-2-1-4-14(15)16(25)21-11-12-22-17(26)18(6-9-20-10-7-18)24-13-3-8-23-24;/h1-5,8,13,20H,6-7,9-12H2,(H,21,25)(H,22,26);1H. The van der Waals surface area contributed by atoms with Crippen molar-refractivity contribution in [3.8, 4) is 0 Å². The van der Waals surface area contributed by atoms with Crippen molar-refractivity contribution in [2.24, 2.45) is 0 Å². The molecule has 1 fully saturated rings. The Hall–Kier alpha value is -2.45. The lowest BCUT2D eigenvalue weighted by Crippen LogP contribution is -2.55. The van der Waals surface area contributed by atoms with E-state index in [9.17, 15) is 14.0 Å². The fourth-order valence-electron chi connectivity index (χ4n) is 3.18. The van der Waals surface area contributed by atoms with E-state index in [-0.39, 0.29) is 37.0 Å². The minimum atomic E-state index is -0.718. The Labute approximate surface area is 163 Å². The third-order valence-corrected chi connectivity index (χ3v) is 4.61. The number of carbonyl (C=O) groups excluding carboxylic acids is 2. The van der Waals surface area contributed by atoms with Gasteiger partial charge in [-0.2, -0.15) is 5.10 Å². The average Bonchev–Trinajstić information content (AvgIpc) is 3.21. The molecule has 0 atom stereocenters. The molecule has 2 amide bonds. The number of hydrogen-bond acceptors (Lipinski definition) is 4. The molecule has 0 saturated carbocycles. The molecule has 0 radical (unpaired) electrons. The van der Waals surface area contributed by atoms with Crippen LogP contribution in [0.1, 0.15) is 23.2 Å². The summed E-state index contributed by atoms with van der Waals surface area (Å²) in [5.74, 6) is -1.19. The van der Waals surface area contributed by atoms with Gasteiger partial charge in [0.05, 0.1) is 5.56 Å². The van der Waals surface area contributed by atoms with E-state index in [0.29, 0.717) is 12.8 Å². The SMILES string of the molecule is Cl.O=C(NCCNC(=O)C1(n2cccn2)CCNCC1)c1ccccc1F. The number of rotatable bonds is 6. The van der Waals surface area contributed by atoms with Crippen LogP contribution in [0.25, 0.3) is 0 Å². The van der Waals surface area contributed by atoms with Gasteiger partial charge in [0.15, 0.2) is 0 Å². The van der Waals surface area contributed by atoms with E-state index >= 15 is 0 Å². The number of benzene rings is 1. The normalized spacial score (nSPS) is 15.4. The minimum absolute atomic E-state index is 0. The van der Waals surface area contributed by atoms with Crippen LogP contribution < -0.4 is 16.0 Å². The maximum absolute atomic E-state index is 13.6. The van der Waals surface area contributed by atoms with Crippen LogP contribution in [-0.2, 0) is 10.3 Å². The van der Waals surface area contributed by atoms with Gasteiger partial charge in [0.25, 0.3) is 5.91 Å². The lowest BCUT2D eigenvalue weighted by molar-refractivity contribution is -0.131. The number of piperidine rings is 1. The van der Waals surface area contributed by atoms with Crippen LogP contribution in [-0.4, -0.2) is 47.8 Å². The van der Waals surface area contributed by atoms with Crippen LogP contribution in [0.5, 0.6) is 0 Å². The van der Waals surface area contributed by atoms with Gasteiger partial charge in [-0.15, -0.1) is 12.4 Å². The van der Waals surface area contributed by atoms with E-state index in [1.807, 2.05) is 0 Å². The molecule has 3 rings (SSSR count). The Morgan fingerprint density at radius 3 is 2.52 bits per heavy atom. The fraction of sp³-hybridized carbons (Fsp3) is 0.389. The van der Waals surface area contributed by atoms with Crippen LogP contribution in [0.15, 0.2) is 42.7 Å². The van der Waals surface area contributed by atoms with Crippen molar-refractivity contribution in [2.75, 3.05) is 26.2 Å². The highest BCUT2D eigenvalue weighted by molar-refractivity contribution is 5.94. The molecule has 0 bridgehead atoms. The quantitative estimate of drug-likeness (QED) is 0.638. The van der Waals surface area contributed by atoms with Crippen molar-refractivity contribution in [1.29, 1.82) is 0 Å². The first-order chi connectivity index (χ1) is 12.6. The van der Waals surface area contributed by atoms with Gasteiger partial charge in [-0.05, 0) is 44.1 Å². The second-order valence-corrected chi connectivity index (χ2v) is 6.22. The lowest BCUT2D eigenvalue weighted by Gasteiger charge is -2.36. The highest BCUT2D eigenvalue weighted by Gasteiger charge is 2.41. The van der Waals surface area contributed by atoms with Gasteiger partial charge in [0, 0.05) is 25.5 Å². The van der Waals surface area contributed by atoms with Gasteiger partial charge in [-0.1, -0.05) is 12.1 Å². The average molecular weight is 396 g/mol. The molecule has 0 spiro atoms. The first kappa shape index (κ1) is 20.9. The van der Waals surface area contributed by atoms with Gasteiger partial charge in [-0.3, -0.25) is 14.3 Å². The van der Waals surface area contributed by atoms with Gasteiger partial charge >= 0.3 is 0 Å². The number of hydrogen-bond donors (Lipinski definition) is 3. The van der Waals surface area contributed by atoms with Crippen LogP contribution in [0, 0.1) is 5.82 Å². The van der Waals surface area contributed by atoms with Crippen molar-refractivity contribution >= 4 is 24.2 Å². The molecular formula is C18H23ClFN5O2. The van der Waals surface area contributed by atoms with Crippen molar-refractivity contribution in [3.05, 3.63) is 54.1 Å². The number of amides is 2. The Bertz CT molecular complexity index is 763. The predicted octanol–water partition coefficient (Wildman–Crippen LogP) is 1.07. The Morgan fingerprint density at radius 1 is 1.15 bits per heavy atom. The van der Waals surface area contributed by atoms with E-state index in [1.54, 1.807) is 29.2 Å². The molecule has 27 heavy (non-hydrogen) atoms. The van der Waals surface area contributed by atoms with E-state index in [0.717, 1.165) is 13.1 Å². The third-order valence-electron chi connectivity index (χ3n) is 4.61. The van der Waals surface area contributed by atoms with E-state index in [4.69, 9.17) is 0 Å². The van der Waals surface area contributed by atoms with Crippen LogP contribution in [0.4, 0.5) is 4.39 Å². The summed E-state index contributed by atoms with van der Waals surface area (Å²) in [5, 5.41) is 13.0. The summed E-state index contributed by atoms with van der Waals surface area (Å²) >= 11 is 0. The van der Waals surface area contributed by atoms with Gasteiger partial charge in [-0.25, -0.2) is 4.39 Å². The van der Waals surface area contributed by atoms with E-state index in [1.165, 1.54) is 18.2 Å². The maximum atomic E-state index is 13.6. The molecule has 146 valence electrons. The van der Waals surface area contributed by atoms with Gasteiger partial charge in [0.1, 0.15) is 11.4 Å². The molecular weight excluding hydrogens is 373 g/mol. The number of nitrogens with zero attached hydrogens (tertiary/aromatic N) is 2. The predicted molar refractivity (Wildman–Crippen MR) is 101 cm³/mol. The van der Waals surface area contributed by atoms with Crippen molar-refractivity contribution in [3.63, 3.8) is 0 Å². The van der Waals surface area contributed by atoms with Crippen molar-refractivity contribution in [2.45, 2.75) is 18.4 Å². The Balaban J connectivity index is 0.00000261. The zero-order valence-electron chi connectivity index (χ0n) is 14.8. The first-order valence-corrected chi connectivity index (χ1v) is 8.65. The third kappa shape index (κ3) is 4.64. The summed E-state index contributed by atoms with van der Waals surface area (Å²) in [5.41, 5.74) is -0.727. The molecule has 2 aromatic rings. The number of halogens is 2. The maximum Gasteiger partial charge on any atom is 0.254 e. The summed E-state index contributed by atoms with van der Waals surface area (Å²) in [7, 11) is 0. The van der Waals surface area contributed by atoms with E-state index < -0.39 is 17.3 Å². The van der Waals surface area contributed by atoms with Crippen molar-refractivity contribution < 1.29 is 14.0 Å². The molecule has 1 saturated heterocycles. The van der Waals surface area contributed by atoms with Crippen LogP contribution in [0.2, 0.25) is 0 Å². The molecule has 1 aromatic carbocycles. The van der Waals surface area contributed by atoms with Crippen LogP contribution in [0.3, 0.4) is 0 Å². The molecule has 1 aliphatic rings. The smallest absolute Gasteiger partial charge is 0.254 e.